The molecule has 1 aromatic rings. The quantitative estimate of drug-likeness (QED) is 0.902. The summed E-state index contributed by atoms with van der Waals surface area (Å²) in [5, 5.41) is 18.7. The van der Waals surface area contributed by atoms with Crippen LogP contribution in [0.2, 0.25) is 5.02 Å². The molecule has 1 aliphatic rings. The van der Waals surface area contributed by atoms with Gasteiger partial charge in [0.15, 0.2) is 0 Å². The molecule has 19 heavy (non-hydrogen) atoms. The molecule has 5 heteroatoms. The SMILES string of the molecule is CC1(C)CN(c2ccc(C#N)cc2Cl)CC(CO)O1. The summed E-state index contributed by atoms with van der Waals surface area (Å²) in [5.74, 6) is 0. The zero-order valence-corrected chi connectivity index (χ0v) is 11.8. The van der Waals surface area contributed by atoms with Crippen molar-refractivity contribution >= 4 is 17.3 Å². The van der Waals surface area contributed by atoms with E-state index >= 15 is 0 Å². The van der Waals surface area contributed by atoms with Crippen LogP contribution in [0.5, 0.6) is 0 Å². The molecule has 1 saturated heterocycles. The van der Waals surface area contributed by atoms with Crippen LogP contribution >= 0.6 is 11.6 Å². The summed E-state index contributed by atoms with van der Waals surface area (Å²) in [6.07, 6.45) is -0.226. The second-order valence-corrected chi connectivity index (χ2v) is 5.75. The van der Waals surface area contributed by atoms with Crippen molar-refractivity contribution in [1.29, 1.82) is 5.26 Å². The maximum Gasteiger partial charge on any atom is 0.0992 e. The van der Waals surface area contributed by atoms with Crippen LogP contribution in [0.15, 0.2) is 18.2 Å². The van der Waals surface area contributed by atoms with Crippen molar-refractivity contribution in [2.45, 2.75) is 25.6 Å². The highest BCUT2D eigenvalue weighted by Gasteiger charge is 2.33. The zero-order chi connectivity index (χ0) is 14.0. The molecule has 0 saturated carbocycles. The largest absolute Gasteiger partial charge is 0.394 e. The molecule has 1 atom stereocenters. The fourth-order valence-corrected chi connectivity index (χ4v) is 2.71. The number of halogens is 1. The van der Waals surface area contributed by atoms with Gasteiger partial charge in [-0.05, 0) is 32.0 Å². The van der Waals surface area contributed by atoms with Gasteiger partial charge in [0.25, 0.3) is 0 Å². The summed E-state index contributed by atoms with van der Waals surface area (Å²) in [5.41, 5.74) is 1.07. The summed E-state index contributed by atoms with van der Waals surface area (Å²) < 4.78 is 5.77. The van der Waals surface area contributed by atoms with E-state index in [0.717, 1.165) is 5.69 Å². The first kappa shape index (κ1) is 14.1. The molecule has 0 spiro atoms. The normalized spacial score (nSPS) is 22.1. The minimum atomic E-state index is -0.344. The van der Waals surface area contributed by atoms with Gasteiger partial charge in [-0.15, -0.1) is 0 Å². The van der Waals surface area contributed by atoms with Crippen LogP contribution in [-0.2, 0) is 4.74 Å². The second kappa shape index (κ2) is 5.38. The van der Waals surface area contributed by atoms with E-state index in [2.05, 4.69) is 11.0 Å². The fraction of sp³-hybridized carbons (Fsp3) is 0.500. The minimum Gasteiger partial charge on any atom is -0.394 e. The van der Waals surface area contributed by atoms with E-state index < -0.39 is 0 Å². The third-order valence-electron chi connectivity index (χ3n) is 3.10. The maximum absolute atomic E-state index is 9.31. The number of aliphatic hydroxyl groups excluding tert-OH is 1. The molecular weight excluding hydrogens is 264 g/mol. The van der Waals surface area contributed by atoms with Crippen molar-refractivity contribution in [2.24, 2.45) is 0 Å². The van der Waals surface area contributed by atoms with Gasteiger partial charge in [-0.1, -0.05) is 11.6 Å². The van der Waals surface area contributed by atoms with Gasteiger partial charge in [-0.3, -0.25) is 0 Å². The summed E-state index contributed by atoms with van der Waals surface area (Å²) in [6.45, 7) is 5.23. The first-order valence-corrected chi connectivity index (χ1v) is 6.56. The van der Waals surface area contributed by atoms with Gasteiger partial charge in [0.1, 0.15) is 0 Å². The number of rotatable bonds is 2. The molecular formula is C14H17ClN2O2. The van der Waals surface area contributed by atoms with Gasteiger partial charge >= 0.3 is 0 Å². The molecule has 4 nitrogen and oxygen atoms in total. The molecule has 1 fully saturated rings. The Labute approximate surface area is 118 Å². The molecule has 0 radical (unpaired) electrons. The highest BCUT2D eigenvalue weighted by molar-refractivity contribution is 6.33. The Morgan fingerprint density at radius 2 is 2.32 bits per heavy atom. The average molecular weight is 281 g/mol. The van der Waals surface area contributed by atoms with Crippen molar-refractivity contribution in [3.05, 3.63) is 28.8 Å². The monoisotopic (exact) mass is 280 g/mol. The predicted molar refractivity (Wildman–Crippen MR) is 74.4 cm³/mol. The lowest BCUT2D eigenvalue weighted by Gasteiger charge is -2.43. The second-order valence-electron chi connectivity index (χ2n) is 5.34. The number of anilines is 1. The predicted octanol–water partition coefficient (Wildman–Crippen LogP) is 2.19. The van der Waals surface area contributed by atoms with E-state index in [1.54, 1.807) is 12.1 Å². The van der Waals surface area contributed by atoms with Crippen LogP contribution in [0.3, 0.4) is 0 Å². The van der Waals surface area contributed by atoms with Crippen molar-refractivity contribution in [2.75, 3.05) is 24.6 Å². The van der Waals surface area contributed by atoms with Crippen LogP contribution in [0.4, 0.5) is 5.69 Å². The Kier molecular flexibility index (Phi) is 4.00. The summed E-state index contributed by atoms with van der Waals surface area (Å²) in [4.78, 5) is 2.09. The molecule has 1 aromatic carbocycles. The molecule has 1 aliphatic heterocycles. The molecule has 0 bridgehead atoms. The van der Waals surface area contributed by atoms with Crippen LogP contribution in [0, 0.1) is 11.3 Å². The van der Waals surface area contributed by atoms with Crippen LogP contribution in [0.25, 0.3) is 0 Å². The van der Waals surface area contributed by atoms with Crippen LogP contribution < -0.4 is 4.90 Å². The Balaban J connectivity index is 2.28. The standard InChI is InChI=1S/C14H17ClN2O2/c1-14(2)9-17(7-11(8-18)19-14)13-4-3-10(6-16)5-12(13)15/h3-5,11,18H,7-9H2,1-2H3. The van der Waals surface area contributed by atoms with E-state index in [0.29, 0.717) is 23.7 Å². The van der Waals surface area contributed by atoms with Crippen molar-refractivity contribution in [1.82, 2.24) is 0 Å². The van der Waals surface area contributed by atoms with Crippen LogP contribution in [-0.4, -0.2) is 36.5 Å². The van der Waals surface area contributed by atoms with Crippen molar-refractivity contribution in [3.63, 3.8) is 0 Å². The number of hydrogen-bond acceptors (Lipinski definition) is 4. The van der Waals surface area contributed by atoms with E-state index in [1.165, 1.54) is 0 Å². The topological polar surface area (TPSA) is 56.5 Å². The lowest BCUT2D eigenvalue weighted by molar-refractivity contribution is -0.101. The Morgan fingerprint density at radius 1 is 1.58 bits per heavy atom. The first-order valence-electron chi connectivity index (χ1n) is 6.18. The number of nitrogens with zero attached hydrogens (tertiary/aromatic N) is 2. The smallest absolute Gasteiger partial charge is 0.0992 e. The fourth-order valence-electron chi connectivity index (χ4n) is 2.41. The molecule has 102 valence electrons. The molecule has 0 aliphatic carbocycles. The minimum absolute atomic E-state index is 0.0200. The average Bonchev–Trinajstić information content (AvgIpc) is 2.36. The lowest BCUT2D eigenvalue weighted by atomic mass is 10.0. The van der Waals surface area contributed by atoms with Gasteiger partial charge in [0, 0.05) is 13.1 Å². The zero-order valence-electron chi connectivity index (χ0n) is 11.1. The third kappa shape index (κ3) is 3.19. The van der Waals surface area contributed by atoms with E-state index in [1.807, 2.05) is 19.9 Å². The number of ether oxygens (including phenoxy) is 1. The number of aliphatic hydroxyl groups is 1. The molecule has 1 N–H and O–H groups in total. The number of hydrogen-bond donors (Lipinski definition) is 1. The van der Waals surface area contributed by atoms with Crippen LogP contribution in [0.1, 0.15) is 19.4 Å². The summed E-state index contributed by atoms with van der Waals surface area (Å²) >= 11 is 6.23. The Bertz CT molecular complexity index is 511. The number of benzene rings is 1. The van der Waals surface area contributed by atoms with Gasteiger partial charge in [0.05, 0.1) is 40.7 Å². The van der Waals surface area contributed by atoms with E-state index in [9.17, 15) is 5.11 Å². The van der Waals surface area contributed by atoms with Crippen molar-refractivity contribution < 1.29 is 9.84 Å². The van der Waals surface area contributed by atoms with E-state index in [-0.39, 0.29) is 18.3 Å². The molecule has 0 aromatic heterocycles. The number of nitriles is 1. The highest BCUT2D eigenvalue weighted by Crippen LogP contribution is 2.31. The summed E-state index contributed by atoms with van der Waals surface area (Å²) in [6, 6.07) is 7.32. The Morgan fingerprint density at radius 3 is 2.89 bits per heavy atom. The highest BCUT2D eigenvalue weighted by atomic mass is 35.5. The number of morpholine rings is 1. The van der Waals surface area contributed by atoms with E-state index in [4.69, 9.17) is 21.6 Å². The maximum atomic E-state index is 9.31. The van der Waals surface area contributed by atoms with Crippen molar-refractivity contribution in [3.8, 4) is 6.07 Å². The molecule has 0 amide bonds. The third-order valence-corrected chi connectivity index (χ3v) is 3.41. The van der Waals surface area contributed by atoms with Gasteiger partial charge in [-0.2, -0.15) is 5.26 Å². The van der Waals surface area contributed by atoms with Gasteiger partial charge in [0.2, 0.25) is 0 Å². The van der Waals surface area contributed by atoms with Gasteiger partial charge < -0.3 is 14.7 Å². The summed E-state index contributed by atoms with van der Waals surface area (Å²) in [7, 11) is 0. The molecule has 1 heterocycles. The van der Waals surface area contributed by atoms with Gasteiger partial charge in [-0.25, -0.2) is 0 Å². The first-order chi connectivity index (χ1) is 8.95. The molecule has 1 unspecified atom stereocenters. The Hall–Kier alpha value is -1.28. The lowest BCUT2D eigenvalue weighted by Crippen LogP contribution is -2.54. The molecule has 2 rings (SSSR count).